The van der Waals surface area contributed by atoms with E-state index in [9.17, 15) is 14.4 Å². The number of ether oxygens (including phenoxy) is 2. The molecule has 0 spiro atoms. The summed E-state index contributed by atoms with van der Waals surface area (Å²) in [5, 5.41) is 6.63. The lowest BCUT2D eigenvalue weighted by atomic mass is 9.80. The zero-order valence-corrected chi connectivity index (χ0v) is 40.4. The number of nitrogens with one attached hydrogen (secondary N) is 2. The smallest absolute Gasteiger partial charge is 0.311 e. The second kappa shape index (κ2) is 17.5. The highest BCUT2D eigenvalue weighted by atomic mass is 35.5. The molecule has 0 radical (unpaired) electrons. The number of methoxy groups -OCH3 is 1. The van der Waals surface area contributed by atoms with Crippen molar-refractivity contribution in [2.45, 2.75) is 117 Å². The summed E-state index contributed by atoms with van der Waals surface area (Å²) in [5.41, 5.74) is 8.55. The Kier molecular flexibility index (Phi) is 12.0. The lowest BCUT2D eigenvalue weighted by Gasteiger charge is -2.32. The van der Waals surface area contributed by atoms with Gasteiger partial charge in [-0.15, -0.1) is 0 Å². The molecule has 352 valence electrons. The normalized spacial score (nSPS) is 26.7. The fourth-order valence-electron chi connectivity index (χ4n) is 13.5. The minimum Gasteiger partial charge on any atom is -0.469 e. The van der Waals surface area contributed by atoms with Crippen LogP contribution in [0.4, 0.5) is 11.4 Å². The highest BCUT2D eigenvalue weighted by molar-refractivity contribution is 6.36. The second-order valence-electron chi connectivity index (χ2n) is 21.1. The molecule has 2 aromatic carbocycles. The largest absolute Gasteiger partial charge is 0.469 e. The molecular weight excluding hydrogens is 852 g/mol. The van der Waals surface area contributed by atoms with Crippen molar-refractivity contribution in [2.75, 3.05) is 57.1 Å². The number of anilines is 2. The van der Waals surface area contributed by atoms with Crippen LogP contribution in [0.5, 0.6) is 0 Å². The molecule has 0 unspecified atom stereocenters. The van der Waals surface area contributed by atoms with Crippen LogP contribution in [-0.2, 0) is 54.3 Å². The number of benzene rings is 2. The molecule has 4 aromatic rings. The van der Waals surface area contributed by atoms with Crippen molar-refractivity contribution in [3.63, 3.8) is 0 Å². The van der Waals surface area contributed by atoms with E-state index < -0.39 is 0 Å². The van der Waals surface area contributed by atoms with Gasteiger partial charge in [0.05, 0.1) is 41.2 Å². The molecule has 4 bridgehead atoms. The van der Waals surface area contributed by atoms with Gasteiger partial charge in [0.25, 0.3) is 11.8 Å². The zero-order valence-electron chi connectivity index (χ0n) is 39.6. The Morgan fingerprint density at radius 3 is 1.80 bits per heavy atom. The molecular formula is C52H67ClN8O5. The first-order valence-corrected chi connectivity index (χ1v) is 24.9. The average Bonchev–Trinajstić information content (AvgIpc) is 4.19. The highest BCUT2D eigenvalue weighted by Crippen LogP contribution is 2.64. The Hall–Kier alpha value is -4.56. The number of aromatic nitrogens is 4. The number of amides is 2. The molecule has 10 rings (SSSR count). The van der Waals surface area contributed by atoms with E-state index in [1.807, 2.05) is 66.6 Å². The van der Waals surface area contributed by atoms with E-state index in [1.165, 1.54) is 45.6 Å². The van der Waals surface area contributed by atoms with Crippen LogP contribution in [0.1, 0.15) is 134 Å². The van der Waals surface area contributed by atoms with Gasteiger partial charge in [-0.2, -0.15) is 0 Å². The molecule has 2 N–H and O–H groups in total. The molecule has 4 saturated carbocycles. The molecule has 2 amide bonds. The number of rotatable bonds is 15. The standard InChI is InChI=1S/C52H67ClN8O5/c1-6-66-33-51-17-15-49(31-51,16-18-51)23-27-60-25-13-42-40(29-60)55-45(59(42)4)47(63)57-38-12-8-10-36(43(38)53)35-9-7-11-37(34(35)2)56-46(62)44-54-39-30-61(26-14-41(39)58(44)3)28-24-50-19-21-52(32-50,22-20-50)48(64)65-5/h7-12H,6,13-33H2,1-5H3,(H,56,62)(H,57,63). The summed E-state index contributed by atoms with van der Waals surface area (Å²) < 4.78 is 15.0. The van der Waals surface area contributed by atoms with Gasteiger partial charge < -0.3 is 29.2 Å². The first-order valence-electron chi connectivity index (χ1n) is 24.5. The number of hydrogen-bond donors (Lipinski definition) is 2. The number of carbonyl (C=O) groups excluding carboxylic acids is 3. The number of nitrogens with zero attached hydrogens (tertiary/aromatic N) is 6. The van der Waals surface area contributed by atoms with Gasteiger partial charge in [0.2, 0.25) is 0 Å². The molecule has 0 saturated heterocycles. The SMILES string of the molecule is CCOCC12CCC(CCN3CCc4c(nc(C(=O)Nc5cccc(-c6cccc(NC(=O)c7nc8c(n7C)CCN(CCC79CCC(C(=O)OC)(CC7)C9)C8)c6C)c5Cl)n4C)C3)(CC1)C2. The van der Waals surface area contributed by atoms with E-state index >= 15 is 0 Å². The van der Waals surface area contributed by atoms with Crippen LogP contribution in [0.2, 0.25) is 5.02 Å². The zero-order chi connectivity index (χ0) is 46.0. The Morgan fingerprint density at radius 1 is 0.712 bits per heavy atom. The van der Waals surface area contributed by atoms with Crippen LogP contribution in [0, 0.1) is 28.6 Å². The van der Waals surface area contributed by atoms with Crippen LogP contribution in [0.25, 0.3) is 11.1 Å². The van der Waals surface area contributed by atoms with Crippen LogP contribution < -0.4 is 10.6 Å². The fraction of sp³-hybridized carbons (Fsp3) is 0.596. The van der Waals surface area contributed by atoms with Crippen molar-refractivity contribution in [3.8, 4) is 11.1 Å². The lowest BCUT2D eigenvalue weighted by molar-refractivity contribution is -0.152. The van der Waals surface area contributed by atoms with E-state index in [0.717, 1.165) is 137 Å². The first kappa shape index (κ1) is 45.2. The van der Waals surface area contributed by atoms with E-state index in [0.29, 0.717) is 45.4 Å². The summed E-state index contributed by atoms with van der Waals surface area (Å²) in [6.45, 7) is 11.1. The topological polar surface area (TPSA) is 136 Å². The quantitative estimate of drug-likeness (QED) is 0.112. The third-order valence-corrected chi connectivity index (χ3v) is 17.9. The predicted octanol–water partition coefficient (Wildman–Crippen LogP) is 8.89. The van der Waals surface area contributed by atoms with Crippen molar-refractivity contribution in [1.82, 2.24) is 28.9 Å². The van der Waals surface area contributed by atoms with E-state index in [4.69, 9.17) is 31.0 Å². The van der Waals surface area contributed by atoms with Gasteiger partial charge in [-0.1, -0.05) is 35.9 Å². The summed E-state index contributed by atoms with van der Waals surface area (Å²) >= 11 is 7.12. The number of esters is 1. The number of hydrogen-bond acceptors (Lipinski definition) is 9. The third-order valence-electron chi connectivity index (χ3n) is 17.4. The maximum atomic E-state index is 13.9. The first-order chi connectivity index (χ1) is 31.8. The molecule has 14 heteroatoms. The predicted molar refractivity (Wildman–Crippen MR) is 256 cm³/mol. The van der Waals surface area contributed by atoms with Crippen LogP contribution in [0.15, 0.2) is 36.4 Å². The molecule has 4 aliphatic carbocycles. The Morgan fingerprint density at radius 2 is 1.23 bits per heavy atom. The molecule has 6 aliphatic rings. The monoisotopic (exact) mass is 918 g/mol. The van der Waals surface area contributed by atoms with Gasteiger partial charge in [0, 0.05) is 82.4 Å². The number of halogens is 1. The number of fused-ring (bicyclic) bond motifs is 6. The van der Waals surface area contributed by atoms with E-state index in [1.54, 1.807) is 0 Å². The Balaban J connectivity index is 0.767. The van der Waals surface area contributed by atoms with Gasteiger partial charge in [0.1, 0.15) is 0 Å². The fourth-order valence-corrected chi connectivity index (χ4v) is 13.7. The molecule has 2 aliphatic heterocycles. The van der Waals surface area contributed by atoms with Gasteiger partial charge in [-0.3, -0.25) is 24.2 Å². The summed E-state index contributed by atoms with van der Waals surface area (Å²) in [6, 6.07) is 11.4. The lowest BCUT2D eigenvalue weighted by Crippen LogP contribution is -2.34. The van der Waals surface area contributed by atoms with Crippen molar-refractivity contribution in [3.05, 3.63) is 81.4 Å². The summed E-state index contributed by atoms with van der Waals surface area (Å²) in [5.74, 6) is 0.163. The van der Waals surface area contributed by atoms with Gasteiger partial charge >= 0.3 is 5.97 Å². The molecule has 2 aromatic heterocycles. The van der Waals surface area contributed by atoms with Crippen LogP contribution in [-0.4, -0.2) is 93.2 Å². The van der Waals surface area contributed by atoms with Crippen molar-refractivity contribution in [1.29, 1.82) is 0 Å². The van der Waals surface area contributed by atoms with Gasteiger partial charge in [-0.25, -0.2) is 9.97 Å². The maximum Gasteiger partial charge on any atom is 0.311 e. The summed E-state index contributed by atoms with van der Waals surface area (Å²) in [4.78, 5) is 55.2. The van der Waals surface area contributed by atoms with Crippen molar-refractivity contribution >= 4 is 40.8 Å². The maximum absolute atomic E-state index is 13.9. The highest BCUT2D eigenvalue weighted by Gasteiger charge is 2.58. The minimum atomic E-state index is -0.299. The van der Waals surface area contributed by atoms with Gasteiger partial charge in [0.15, 0.2) is 11.6 Å². The molecule has 66 heavy (non-hydrogen) atoms. The molecule has 13 nitrogen and oxygen atoms in total. The van der Waals surface area contributed by atoms with Crippen molar-refractivity contribution in [2.24, 2.45) is 35.8 Å². The van der Waals surface area contributed by atoms with E-state index in [2.05, 4.69) is 27.4 Å². The molecule has 0 atom stereocenters. The Labute approximate surface area is 394 Å². The van der Waals surface area contributed by atoms with Crippen LogP contribution in [0.3, 0.4) is 0 Å². The third kappa shape index (κ3) is 8.09. The Bertz CT molecular complexity index is 2550. The number of carbonyl (C=O) groups is 3. The molecule has 4 fully saturated rings. The van der Waals surface area contributed by atoms with Crippen LogP contribution >= 0.6 is 11.6 Å². The second-order valence-corrected chi connectivity index (χ2v) is 21.5. The van der Waals surface area contributed by atoms with Crippen molar-refractivity contribution < 1.29 is 23.9 Å². The average molecular weight is 920 g/mol. The minimum absolute atomic E-state index is 0.0293. The number of imidazole rings is 2. The van der Waals surface area contributed by atoms with Gasteiger partial charge in [-0.05, 0) is 143 Å². The summed E-state index contributed by atoms with van der Waals surface area (Å²) in [6.07, 6.45) is 15.5. The van der Waals surface area contributed by atoms with E-state index in [-0.39, 0.29) is 28.6 Å². The molecule has 4 heterocycles. The summed E-state index contributed by atoms with van der Waals surface area (Å²) in [7, 11) is 5.38.